The molecule has 0 unspecified atom stereocenters. The fraction of sp³-hybridized carbons (Fsp3) is 0.263. The minimum atomic E-state index is -0.323. The van der Waals surface area contributed by atoms with E-state index in [0.29, 0.717) is 24.5 Å². The van der Waals surface area contributed by atoms with E-state index in [1.54, 1.807) is 25.3 Å². The van der Waals surface area contributed by atoms with Gasteiger partial charge in [0.05, 0.1) is 19.4 Å². The van der Waals surface area contributed by atoms with E-state index in [1.165, 1.54) is 0 Å². The molecule has 25 heavy (non-hydrogen) atoms. The summed E-state index contributed by atoms with van der Waals surface area (Å²) in [5.74, 6) is 1.74. The van der Waals surface area contributed by atoms with Crippen LogP contribution in [-0.2, 0) is 4.79 Å². The molecule has 1 heterocycles. The number of nitrogens with zero attached hydrogens (tertiary/aromatic N) is 1. The van der Waals surface area contributed by atoms with Gasteiger partial charge in [0.25, 0.3) is 5.91 Å². The average Bonchev–Trinajstić information content (AvgIpc) is 2.65. The summed E-state index contributed by atoms with van der Waals surface area (Å²) in [6.07, 6.45) is 0.646. The van der Waals surface area contributed by atoms with Crippen LogP contribution >= 0.6 is 0 Å². The van der Waals surface area contributed by atoms with Crippen molar-refractivity contribution >= 4 is 11.6 Å². The second kappa shape index (κ2) is 7.70. The number of rotatable bonds is 5. The topological polar surface area (TPSA) is 69.2 Å². The Labute approximate surface area is 146 Å². The fourth-order valence-electron chi connectivity index (χ4n) is 2.57. The van der Waals surface area contributed by atoms with Crippen LogP contribution in [-0.4, -0.2) is 31.9 Å². The molecule has 1 N–H and O–H groups in total. The Bertz CT molecular complexity index is 802. The van der Waals surface area contributed by atoms with Crippen molar-refractivity contribution in [1.29, 1.82) is 0 Å². The molecule has 3 rings (SSSR count). The van der Waals surface area contributed by atoms with E-state index < -0.39 is 0 Å². The molecule has 130 valence electrons. The van der Waals surface area contributed by atoms with Gasteiger partial charge in [0, 0.05) is 18.1 Å². The molecule has 0 bridgehead atoms. The van der Waals surface area contributed by atoms with E-state index in [9.17, 15) is 4.79 Å². The number of carbonyl (C=O) groups excluding carboxylic acids is 1. The van der Waals surface area contributed by atoms with Crippen molar-refractivity contribution in [3.8, 4) is 17.2 Å². The van der Waals surface area contributed by atoms with Gasteiger partial charge in [-0.3, -0.25) is 4.79 Å². The standard InChI is InChI=1S/C19H20N2O4/c1-13-5-3-8-16-17(9-10-24-19(13)16)20-21-18(22)12-25-15-7-4-6-14(11-15)23-2/h3-8,11H,9-10,12H2,1-2H3,(H,21,22)/b20-17-. The number of aryl methyl sites for hydroxylation is 1. The molecule has 0 fully saturated rings. The minimum absolute atomic E-state index is 0.124. The van der Waals surface area contributed by atoms with Gasteiger partial charge >= 0.3 is 0 Å². The van der Waals surface area contributed by atoms with Gasteiger partial charge in [-0.2, -0.15) is 5.10 Å². The second-order valence-corrected chi connectivity index (χ2v) is 5.61. The number of benzene rings is 2. The molecular weight excluding hydrogens is 320 g/mol. The number of hydrazone groups is 1. The number of methoxy groups -OCH3 is 1. The first kappa shape index (κ1) is 16.8. The van der Waals surface area contributed by atoms with Crippen LogP contribution in [0.4, 0.5) is 0 Å². The molecule has 1 aliphatic rings. The SMILES string of the molecule is COc1cccc(OCC(=O)N/N=C2/CCOc3c(C)cccc32)c1. The molecule has 6 heteroatoms. The Morgan fingerprint density at radius 1 is 1.24 bits per heavy atom. The van der Waals surface area contributed by atoms with Gasteiger partial charge < -0.3 is 14.2 Å². The number of amides is 1. The maximum Gasteiger partial charge on any atom is 0.277 e. The fourth-order valence-corrected chi connectivity index (χ4v) is 2.57. The first-order valence-corrected chi connectivity index (χ1v) is 8.02. The Morgan fingerprint density at radius 3 is 2.88 bits per heavy atom. The lowest BCUT2D eigenvalue weighted by atomic mass is 10.0. The first-order valence-electron chi connectivity index (χ1n) is 8.02. The van der Waals surface area contributed by atoms with Crippen molar-refractivity contribution < 1.29 is 19.0 Å². The number of para-hydroxylation sites is 1. The zero-order valence-corrected chi connectivity index (χ0v) is 14.2. The van der Waals surface area contributed by atoms with Crippen molar-refractivity contribution in [2.75, 3.05) is 20.3 Å². The van der Waals surface area contributed by atoms with Gasteiger partial charge in [0.15, 0.2) is 6.61 Å². The molecular formula is C19H20N2O4. The average molecular weight is 340 g/mol. The third-order valence-corrected chi connectivity index (χ3v) is 3.83. The highest BCUT2D eigenvalue weighted by Crippen LogP contribution is 2.28. The molecule has 0 atom stereocenters. The quantitative estimate of drug-likeness (QED) is 0.850. The molecule has 0 saturated carbocycles. The summed E-state index contributed by atoms with van der Waals surface area (Å²) < 4.78 is 16.3. The number of ether oxygens (including phenoxy) is 3. The van der Waals surface area contributed by atoms with Crippen LogP contribution in [0.25, 0.3) is 0 Å². The molecule has 0 saturated heterocycles. The smallest absolute Gasteiger partial charge is 0.277 e. The second-order valence-electron chi connectivity index (χ2n) is 5.61. The molecule has 0 aliphatic carbocycles. The lowest BCUT2D eigenvalue weighted by Gasteiger charge is -2.20. The molecule has 6 nitrogen and oxygen atoms in total. The summed E-state index contributed by atoms with van der Waals surface area (Å²) >= 11 is 0. The predicted octanol–water partition coefficient (Wildman–Crippen LogP) is 2.69. The number of carbonyl (C=O) groups is 1. The molecule has 1 aliphatic heterocycles. The summed E-state index contributed by atoms with van der Waals surface area (Å²) in [5, 5.41) is 4.24. The van der Waals surface area contributed by atoms with E-state index in [2.05, 4.69) is 10.5 Å². The van der Waals surface area contributed by atoms with Crippen LogP contribution in [0.2, 0.25) is 0 Å². The third kappa shape index (κ3) is 4.09. The van der Waals surface area contributed by atoms with E-state index in [1.807, 2.05) is 31.2 Å². The highest BCUT2D eigenvalue weighted by molar-refractivity contribution is 6.04. The molecule has 0 aromatic heterocycles. The number of hydrogen-bond acceptors (Lipinski definition) is 5. The number of fused-ring (bicyclic) bond motifs is 1. The molecule has 2 aromatic carbocycles. The number of nitrogens with one attached hydrogen (secondary N) is 1. The van der Waals surface area contributed by atoms with E-state index >= 15 is 0 Å². The Kier molecular flexibility index (Phi) is 5.18. The zero-order valence-electron chi connectivity index (χ0n) is 14.2. The summed E-state index contributed by atoms with van der Waals surface area (Å²) in [4.78, 5) is 12.0. The predicted molar refractivity (Wildman–Crippen MR) is 94.5 cm³/mol. The third-order valence-electron chi connectivity index (χ3n) is 3.83. The van der Waals surface area contributed by atoms with Crippen molar-refractivity contribution in [2.24, 2.45) is 5.10 Å². The lowest BCUT2D eigenvalue weighted by Crippen LogP contribution is -2.27. The van der Waals surface area contributed by atoms with Gasteiger partial charge in [-0.25, -0.2) is 5.43 Å². The minimum Gasteiger partial charge on any atom is -0.497 e. The van der Waals surface area contributed by atoms with Crippen LogP contribution in [0.3, 0.4) is 0 Å². The van der Waals surface area contributed by atoms with Crippen molar-refractivity contribution in [1.82, 2.24) is 5.43 Å². The van der Waals surface area contributed by atoms with Crippen LogP contribution in [0.1, 0.15) is 17.5 Å². The normalized spacial score (nSPS) is 14.4. The van der Waals surface area contributed by atoms with E-state index in [4.69, 9.17) is 14.2 Å². The zero-order chi connectivity index (χ0) is 17.6. The van der Waals surface area contributed by atoms with Gasteiger partial charge in [-0.1, -0.05) is 18.2 Å². The maximum atomic E-state index is 12.0. The largest absolute Gasteiger partial charge is 0.497 e. The summed E-state index contributed by atoms with van der Waals surface area (Å²) in [5.41, 5.74) is 5.32. The van der Waals surface area contributed by atoms with Crippen molar-refractivity contribution in [3.63, 3.8) is 0 Å². The van der Waals surface area contributed by atoms with Gasteiger partial charge in [0.1, 0.15) is 17.2 Å². The van der Waals surface area contributed by atoms with E-state index in [-0.39, 0.29) is 12.5 Å². The van der Waals surface area contributed by atoms with Crippen LogP contribution in [0.5, 0.6) is 17.2 Å². The van der Waals surface area contributed by atoms with Crippen molar-refractivity contribution in [2.45, 2.75) is 13.3 Å². The highest BCUT2D eigenvalue weighted by atomic mass is 16.5. The maximum absolute atomic E-state index is 12.0. The van der Waals surface area contributed by atoms with Gasteiger partial charge in [-0.05, 0) is 30.7 Å². The van der Waals surface area contributed by atoms with Crippen LogP contribution in [0, 0.1) is 6.92 Å². The summed E-state index contributed by atoms with van der Waals surface area (Å²) in [7, 11) is 1.58. The highest BCUT2D eigenvalue weighted by Gasteiger charge is 2.18. The first-order chi connectivity index (χ1) is 12.2. The van der Waals surface area contributed by atoms with Gasteiger partial charge in [-0.15, -0.1) is 0 Å². The van der Waals surface area contributed by atoms with E-state index in [0.717, 1.165) is 22.6 Å². The molecule has 1 amide bonds. The van der Waals surface area contributed by atoms with Crippen LogP contribution in [0.15, 0.2) is 47.6 Å². The summed E-state index contributed by atoms with van der Waals surface area (Å²) in [6, 6.07) is 13.0. The monoisotopic (exact) mass is 340 g/mol. The lowest BCUT2D eigenvalue weighted by molar-refractivity contribution is -0.123. The molecule has 0 spiro atoms. The summed E-state index contributed by atoms with van der Waals surface area (Å²) in [6.45, 7) is 2.41. The van der Waals surface area contributed by atoms with Crippen molar-refractivity contribution in [3.05, 3.63) is 53.6 Å². The Hall–Kier alpha value is -3.02. The molecule has 0 radical (unpaired) electrons. The molecule has 2 aromatic rings. The van der Waals surface area contributed by atoms with Crippen LogP contribution < -0.4 is 19.6 Å². The van der Waals surface area contributed by atoms with Gasteiger partial charge in [0.2, 0.25) is 0 Å². The Balaban J connectivity index is 1.61. The number of hydrogen-bond donors (Lipinski definition) is 1. The Morgan fingerprint density at radius 2 is 2.04 bits per heavy atom.